The minimum absolute atomic E-state index is 0.00646. The van der Waals surface area contributed by atoms with Crippen molar-refractivity contribution in [3.05, 3.63) is 34.3 Å². The van der Waals surface area contributed by atoms with Gasteiger partial charge >= 0.3 is 0 Å². The maximum Gasteiger partial charge on any atom is 0.184 e. The van der Waals surface area contributed by atoms with E-state index in [1.165, 1.54) is 0 Å². The standard InChI is InChI=1S/C14H23BrClNOSi/c1-14(17,11-5-7-12(15)8-6-11)9-13(10-16)18-19(2,3)4/h5-8,13H,9-10,17H2,1-4H3. The summed E-state index contributed by atoms with van der Waals surface area (Å²) in [5.41, 5.74) is 7.12. The number of alkyl halides is 1. The maximum absolute atomic E-state index is 6.44. The molecule has 0 saturated carbocycles. The lowest BCUT2D eigenvalue weighted by Gasteiger charge is -2.32. The van der Waals surface area contributed by atoms with Gasteiger partial charge in [-0.2, -0.15) is 0 Å². The Bertz CT molecular complexity index is 403. The van der Waals surface area contributed by atoms with Gasteiger partial charge in [0.15, 0.2) is 8.32 Å². The molecular weight excluding hydrogens is 342 g/mol. The second-order valence-electron chi connectivity index (χ2n) is 6.14. The van der Waals surface area contributed by atoms with Crippen LogP contribution < -0.4 is 5.73 Å². The lowest BCUT2D eigenvalue weighted by molar-refractivity contribution is 0.173. The molecule has 0 radical (unpaired) electrons. The Balaban J connectivity index is 2.79. The van der Waals surface area contributed by atoms with E-state index in [0.717, 1.165) is 16.5 Å². The third kappa shape index (κ3) is 5.96. The van der Waals surface area contributed by atoms with E-state index < -0.39 is 13.9 Å². The van der Waals surface area contributed by atoms with Gasteiger partial charge in [-0.25, -0.2) is 0 Å². The fourth-order valence-electron chi connectivity index (χ4n) is 2.05. The third-order valence-electron chi connectivity index (χ3n) is 2.85. The fraction of sp³-hybridized carbons (Fsp3) is 0.571. The molecule has 2 N–H and O–H groups in total. The lowest BCUT2D eigenvalue weighted by Crippen LogP contribution is -2.42. The summed E-state index contributed by atoms with van der Waals surface area (Å²) < 4.78 is 7.14. The van der Waals surface area contributed by atoms with Crippen molar-refractivity contribution in [3.63, 3.8) is 0 Å². The summed E-state index contributed by atoms with van der Waals surface area (Å²) in [5, 5.41) is 0. The van der Waals surface area contributed by atoms with Crippen LogP contribution in [-0.4, -0.2) is 20.3 Å². The van der Waals surface area contributed by atoms with E-state index in [4.69, 9.17) is 21.8 Å². The largest absolute Gasteiger partial charge is 0.413 e. The molecule has 0 bridgehead atoms. The Kier molecular flexibility index (Phi) is 6.08. The van der Waals surface area contributed by atoms with Gasteiger partial charge in [0.1, 0.15) is 0 Å². The number of halogens is 2. The van der Waals surface area contributed by atoms with Gasteiger partial charge in [-0.3, -0.25) is 0 Å². The van der Waals surface area contributed by atoms with E-state index in [0.29, 0.717) is 5.88 Å². The first-order valence-electron chi connectivity index (χ1n) is 6.43. The molecule has 1 aromatic carbocycles. The molecule has 0 aliphatic rings. The quantitative estimate of drug-likeness (QED) is 0.597. The van der Waals surface area contributed by atoms with E-state index in [1.807, 2.05) is 31.2 Å². The molecule has 1 aromatic rings. The summed E-state index contributed by atoms with van der Waals surface area (Å²) in [6.45, 7) is 8.53. The molecule has 1 rings (SSSR count). The zero-order valence-corrected chi connectivity index (χ0v) is 15.4. The minimum atomic E-state index is -1.60. The smallest absolute Gasteiger partial charge is 0.184 e. The zero-order valence-electron chi connectivity index (χ0n) is 12.0. The molecule has 108 valence electrons. The average Bonchev–Trinajstić information content (AvgIpc) is 2.26. The van der Waals surface area contributed by atoms with E-state index in [9.17, 15) is 0 Å². The summed E-state index contributed by atoms with van der Waals surface area (Å²) in [7, 11) is -1.60. The summed E-state index contributed by atoms with van der Waals surface area (Å²) in [5.74, 6) is 0.480. The third-order valence-corrected chi connectivity index (χ3v) is 4.76. The van der Waals surface area contributed by atoms with Gasteiger partial charge in [0.25, 0.3) is 0 Å². The zero-order chi connectivity index (χ0) is 14.7. The molecule has 0 saturated heterocycles. The predicted octanol–water partition coefficient (Wildman–Crippen LogP) is 4.47. The van der Waals surface area contributed by atoms with Crippen LogP contribution in [0.5, 0.6) is 0 Å². The molecular formula is C14H23BrClNOSi. The van der Waals surface area contributed by atoms with Crippen LogP contribution in [0.3, 0.4) is 0 Å². The molecule has 5 heteroatoms. The van der Waals surface area contributed by atoms with E-state index in [1.54, 1.807) is 0 Å². The minimum Gasteiger partial charge on any atom is -0.413 e. The van der Waals surface area contributed by atoms with Gasteiger partial charge in [0.05, 0.1) is 6.10 Å². The van der Waals surface area contributed by atoms with Crippen LogP contribution in [0, 0.1) is 0 Å². The van der Waals surface area contributed by atoms with Gasteiger partial charge in [-0.15, -0.1) is 11.6 Å². The molecule has 0 aliphatic carbocycles. The Morgan fingerprint density at radius 2 is 1.84 bits per heavy atom. The van der Waals surface area contributed by atoms with Crippen LogP contribution >= 0.6 is 27.5 Å². The molecule has 2 nitrogen and oxygen atoms in total. The van der Waals surface area contributed by atoms with Crippen LogP contribution in [-0.2, 0) is 9.96 Å². The van der Waals surface area contributed by atoms with Gasteiger partial charge in [0, 0.05) is 15.9 Å². The van der Waals surface area contributed by atoms with Gasteiger partial charge in [0.2, 0.25) is 0 Å². The molecule has 0 heterocycles. The molecule has 2 unspecified atom stereocenters. The normalized spacial score (nSPS) is 17.0. The van der Waals surface area contributed by atoms with Crippen molar-refractivity contribution < 1.29 is 4.43 Å². The van der Waals surface area contributed by atoms with Gasteiger partial charge in [-0.1, -0.05) is 28.1 Å². The van der Waals surface area contributed by atoms with Crippen LogP contribution in [0.15, 0.2) is 28.7 Å². The highest BCUT2D eigenvalue weighted by atomic mass is 79.9. The monoisotopic (exact) mass is 363 g/mol. The maximum atomic E-state index is 6.44. The van der Waals surface area contributed by atoms with Crippen molar-refractivity contribution in [3.8, 4) is 0 Å². The summed E-state index contributed by atoms with van der Waals surface area (Å²) in [4.78, 5) is 0. The highest BCUT2D eigenvalue weighted by molar-refractivity contribution is 9.10. The van der Waals surface area contributed by atoms with Crippen molar-refractivity contribution in [2.75, 3.05) is 5.88 Å². The molecule has 19 heavy (non-hydrogen) atoms. The average molecular weight is 365 g/mol. The lowest BCUT2D eigenvalue weighted by atomic mass is 9.88. The fourth-order valence-corrected chi connectivity index (χ4v) is 3.76. The predicted molar refractivity (Wildman–Crippen MR) is 89.2 cm³/mol. The van der Waals surface area contributed by atoms with Crippen molar-refractivity contribution in [1.82, 2.24) is 0 Å². The summed E-state index contributed by atoms with van der Waals surface area (Å²) in [6, 6.07) is 8.11. The number of nitrogens with two attached hydrogens (primary N) is 1. The second kappa shape index (κ2) is 6.72. The molecule has 0 aliphatic heterocycles. The highest BCUT2D eigenvalue weighted by Crippen LogP contribution is 2.27. The first-order chi connectivity index (χ1) is 8.64. The number of rotatable bonds is 6. The summed E-state index contributed by atoms with van der Waals surface area (Å²) >= 11 is 9.46. The molecule has 0 amide bonds. The Hall–Kier alpha value is 0.127. The van der Waals surface area contributed by atoms with Crippen molar-refractivity contribution in [2.45, 2.75) is 44.6 Å². The summed E-state index contributed by atoms with van der Waals surface area (Å²) in [6.07, 6.45) is 0.731. The van der Waals surface area contributed by atoms with E-state index in [-0.39, 0.29) is 6.10 Å². The molecule has 0 spiro atoms. The SMILES string of the molecule is CC(N)(CC(CCl)O[Si](C)(C)C)c1ccc(Br)cc1. The Morgan fingerprint density at radius 3 is 2.26 bits per heavy atom. The number of benzene rings is 1. The first-order valence-corrected chi connectivity index (χ1v) is 11.2. The van der Waals surface area contributed by atoms with Crippen molar-refractivity contribution >= 4 is 35.8 Å². The van der Waals surface area contributed by atoms with Crippen LogP contribution in [0.4, 0.5) is 0 Å². The first kappa shape index (κ1) is 17.2. The topological polar surface area (TPSA) is 35.2 Å². The number of hydrogen-bond donors (Lipinski definition) is 1. The van der Waals surface area contributed by atoms with E-state index >= 15 is 0 Å². The van der Waals surface area contributed by atoms with Crippen molar-refractivity contribution in [2.24, 2.45) is 5.73 Å². The van der Waals surface area contributed by atoms with Crippen molar-refractivity contribution in [1.29, 1.82) is 0 Å². The van der Waals surface area contributed by atoms with Gasteiger partial charge < -0.3 is 10.2 Å². The van der Waals surface area contributed by atoms with E-state index in [2.05, 4.69) is 35.6 Å². The molecule has 0 aromatic heterocycles. The van der Waals surface area contributed by atoms with Crippen LogP contribution in [0.25, 0.3) is 0 Å². The van der Waals surface area contributed by atoms with Crippen LogP contribution in [0.2, 0.25) is 19.6 Å². The van der Waals surface area contributed by atoms with Crippen LogP contribution in [0.1, 0.15) is 18.9 Å². The highest BCUT2D eigenvalue weighted by Gasteiger charge is 2.29. The molecule has 0 fully saturated rings. The molecule has 2 atom stereocenters. The number of hydrogen-bond acceptors (Lipinski definition) is 2. The Labute approximate surface area is 130 Å². The Morgan fingerprint density at radius 1 is 1.32 bits per heavy atom. The second-order valence-corrected chi connectivity index (χ2v) is 11.8. The van der Waals surface area contributed by atoms with Gasteiger partial charge in [-0.05, 0) is 50.7 Å².